The van der Waals surface area contributed by atoms with Crippen molar-refractivity contribution in [2.75, 3.05) is 25.4 Å². The fraction of sp³-hybridized carbons (Fsp3) is 1.00. The van der Waals surface area contributed by atoms with Gasteiger partial charge in [0, 0.05) is 13.2 Å². The Morgan fingerprint density at radius 2 is 1.89 bits per heavy atom. The summed E-state index contributed by atoms with van der Waals surface area (Å²) in [4.78, 5) is 0. The molecule has 0 bridgehead atoms. The van der Waals surface area contributed by atoms with Crippen LogP contribution in [0, 0.1) is 0 Å². The van der Waals surface area contributed by atoms with E-state index in [9.17, 15) is 8.42 Å². The van der Waals surface area contributed by atoms with E-state index in [4.69, 9.17) is 4.74 Å². The molecule has 1 fully saturated rings. The largest absolute Gasteiger partial charge is 0.379 e. The summed E-state index contributed by atoms with van der Waals surface area (Å²) in [5.41, 5.74) is 0. The molecule has 0 atom stereocenters. The van der Waals surface area contributed by atoms with Crippen molar-refractivity contribution in [3.05, 3.63) is 0 Å². The van der Waals surface area contributed by atoms with Crippen LogP contribution in [0.4, 0.5) is 0 Å². The highest BCUT2D eigenvalue weighted by molar-refractivity contribution is 7.92. The van der Waals surface area contributed by atoms with Crippen LogP contribution in [0.1, 0.15) is 46.0 Å². The maximum Gasteiger partial charge on any atom is 0.154 e. The molecule has 1 saturated carbocycles. The summed E-state index contributed by atoms with van der Waals surface area (Å²) in [7, 11) is -2.86. The van der Waals surface area contributed by atoms with Crippen molar-refractivity contribution in [2.45, 2.75) is 57.3 Å². The molecule has 5 heteroatoms. The molecule has 0 aromatic rings. The summed E-state index contributed by atoms with van der Waals surface area (Å²) < 4.78 is 29.3. The van der Waals surface area contributed by atoms with Crippen molar-refractivity contribution in [1.82, 2.24) is 5.32 Å². The lowest BCUT2D eigenvalue weighted by molar-refractivity contribution is 0.0772. The first-order valence-electron chi connectivity index (χ1n) is 7.06. The van der Waals surface area contributed by atoms with Gasteiger partial charge in [-0.25, -0.2) is 8.42 Å². The van der Waals surface area contributed by atoms with Gasteiger partial charge in [0.2, 0.25) is 0 Å². The first-order valence-corrected chi connectivity index (χ1v) is 8.78. The molecule has 0 radical (unpaired) electrons. The van der Waals surface area contributed by atoms with Crippen LogP contribution < -0.4 is 5.32 Å². The molecule has 0 heterocycles. The molecule has 1 rings (SSSR count). The van der Waals surface area contributed by atoms with E-state index >= 15 is 0 Å². The SMILES string of the molecule is CC(C)OCCCNCCS(=O)(=O)C1CCCC1. The number of hydrogen-bond donors (Lipinski definition) is 1. The summed E-state index contributed by atoms with van der Waals surface area (Å²) in [5.74, 6) is 0.280. The minimum Gasteiger partial charge on any atom is -0.379 e. The Kier molecular flexibility index (Phi) is 7.19. The van der Waals surface area contributed by atoms with Crippen molar-refractivity contribution in [3.63, 3.8) is 0 Å². The maximum absolute atomic E-state index is 11.9. The summed E-state index contributed by atoms with van der Waals surface area (Å²) in [6.07, 6.45) is 5.08. The van der Waals surface area contributed by atoms with Crippen molar-refractivity contribution in [2.24, 2.45) is 0 Å². The maximum atomic E-state index is 11.9. The Bertz CT molecular complexity index is 308. The predicted molar refractivity (Wildman–Crippen MR) is 74.6 cm³/mol. The molecule has 0 saturated heterocycles. The van der Waals surface area contributed by atoms with Gasteiger partial charge in [-0.05, 0) is 39.7 Å². The number of hydrogen-bond acceptors (Lipinski definition) is 4. The molecule has 18 heavy (non-hydrogen) atoms. The Morgan fingerprint density at radius 3 is 2.50 bits per heavy atom. The summed E-state index contributed by atoms with van der Waals surface area (Å²) in [5, 5.41) is 3.11. The highest BCUT2D eigenvalue weighted by Gasteiger charge is 2.27. The minimum atomic E-state index is -2.86. The van der Waals surface area contributed by atoms with Crippen LogP contribution >= 0.6 is 0 Å². The summed E-state index contributed by atoms with van der Waals surface area (Å²) >= 11 is 0. The normalized spacial score (nSPS) is 17.7. The van der Waals surface area contributed by atoms with Gasteiger partial charge in [-0.15, -0.1) is 0 Å². The van der Waals surface area contributed by atoms with Gasteiger partial charge in [-0.1, -0.05) is 12.8 Å². The van der Waals surface area contributed by atoms with Crippen molar-refractivity contribution < 1.29 is 13.2 Å². The molecule has 0 unspecified atom stereocenters. The van der Waals surface area contributed by atoms with Gasteiger partial charge in [0.05, 0.1) is 17.1 Å². The zero-order valence-corrected chi connectivity index (χ0v) is 12.5. The van der Waals surface area contributed by atoms with Crippen molar-refractivity contribution >= 4 is 9.84 Å². The third-order valence-corrected chi connectivity index (χ3v) is 5.58. The molecule has 108 valence electrons. The zero-order valence-electron chi connectivity index (χ0n) is 11.7. The molecule has 4 nitrogen and oxygen atoms in total. The molecule has 0 amide bonds. The highest BCUT2D eigenvalue weighted by atomic mass is 32.2. The highest BCUT2D eigenvalue weighted by Crippen LogP contribution is 2.24. The van der Waals surface area contributed by atoms with Crippen molar-refractivity contribution in [1.29, 1.82) is 0 Å². The standard InChI is InChI=1S/C13H27NO3S/c1-12(2)17-10-5-8-14-9-11-18(15,16)13-6-3-4-7-13/h12-14H,3-11H2,1-2H3. The smallest absolute Gasteiger partial charge is 0.154 e. The predicted octanol–water partition coefficient (Wildman–Crippen LogP) is 1.75. The molecule has 0 aromatic carbocycles. The van der Waals surface area contributed by atoms with E-state index in [0.717, 1.165) is 45.3 Å². The number of rotatable bonds is 9. The number of nitrogens with one attached hydrogen (secondary N) is 1. The van der Waals surface area contributed by atoms with Crippen LogP contribution in [0.15, 0.2) is 0 Å². The van der Waals surface area contributed by atoms with Crippen LogP contribution in [-0.2, 0) is 14.6 Å². The van der Waals surface area contributed by atoms with Crippen molar-refractivity contribution in [3.8, 4) is 0 Å². The average Bonchev–Trinajstić information content (AvgIpc) is 2.81. The van der Waals surface area contributed by atoms with Crippen LogP contribution in [0.25, 0.3) is 0 Å². The third-order valence-electron chi connectivity index (χ3n) is 3.32. The first kappa shape index (κ1) is 15.9. The third kappa shape index (κ3) is 6.16. The van der Waals surface area contributed by atoms with E-state index in [1.54, 1.807) is 0 Å². The van der Waals surface area contributed by atoms with Crippen LogP contribution in [0.2, 0.25) is 0 Å². The van der Waals surface area contributed by atoms with E-state index in [1.807, 2.05) is 13.8 Å². The second kappa shape index (κ2) is 8.12. The molecule has 1 aliphatic rings. The molecule has 0 aromatic heterocycles. The molecular weight excluding hydrogens is 250 g/mol. The quantitative estimate of drug-likeness (QED) is 0.652. The van der Waals surface area contributed by atoms with E-state index in [1.165, 1.54) is 0 Å². The van der Waals surface area contributed by atoms with Crippen LogP contribution in [0.5, 0.6) is 0 Å². The molecular formula is C13H27NO3S. The fourth-order valence-corrected chi connectivity index (χ4v) is 4.08. The van der Waals surface area contributed by atoms with Gasteiger partial charge in [0.25, 0.3) is 0 Å². The molecule has 0 spiro atoms. The minimum absolute atomic E-state index is 0.0661. The summed E-state index contributed by atoms with van der Waals surface area (Å²) in [6.45, 7) is 6.16. The first-order chi connectivity index (χ1) is 8.52. The second-order valence-corrected chi connectivity index (χ2v) is 7.70. The lowest BCUT2D eigenvalue weighted by Gasteiger charge is -2.11. The summed E-state index contributed by atoms with van der Waals surface area (Å²) in [6, 6.07) is 0. The topological polar surface area (TPSA) is 55.4 Å². The Hall–Kier alpha value is -0.130. The van der Waals surface area contributed by atoms with Crippen LogP contribution in [0.3, 0.4) is 0 Å². The second-order valence-electron chi connectivity index (χ2n) is 5.30. The van der Waals surface area contributed by atoms with Gasteiger partial charge in [-0.2, -0.15) is 0 Å². The monoisotopic (exact) mass is 277 g/mol. The molecule has 0 aliphatic heterocycles. The lowest BCUT2D eigenvalue weighted by Crippen LogP contribution is -2.29. The van der Waals surface area contributed by atoms with Crippen LogP contribution in [-0.4, -0.2) is 45.2 Å². The van der Waals surface area contributed by atoms with Gasteiger partial charge in [0.15, 0.2) is 9.84 Å². The zero-order chi connectivity index (χ0) is 13.4. The van der Waals surface area contributed by atoms with Gasteiger partial charge in [0.1, 0.15) is 0 Å². The van der Waals surface area contributed by atoms with Gasteiger partial charge < -0.3 is 10.1 Å². The van der Waals surface area contributed by atoms with E-state index in [2.05, 4.69) is 5.32 Å². The Morgan fingerprint density at radius 1 is 1.22 bits per heavy atom. The number of sulfone groups is 1. The average molecular weight is 277 g/mol. The lowest BCUT2D eigenvalue weighted by atomic mass is 10.4. The number of ether oxygens (including phenoxy) is 1. The molecule has 1 aliphatic carbocycles. The fourth-order valence-electron chi connectivity index (χ4n) is 2.27. The van der Waals surface area contributed by atoms with E-state index in [-0.39, 0.29) is 17.1 Å². The Labute approximate surface area is 111 Å². The van der Waals surface area contributed by atoms with E-state index in [0.29, 0.717) is 6.54 Å². The van der Waals surface area contributed by atoms with E-state index < -0.39 is 9.84 Å². The molecule has 1 N–H and O–H groups in total. The Balaban J connectivity index is 2.03. The van der Waals surface area contributed by atoms with Gasteiger partial charge in [-0.3, -0.25) is 0 Å². The van der Waals surface area contributed by atoms with Gasteiger partial charge >= 0.3 is 0 Å².